The Kier molecular flexibility index (Phi) is 3.52. The third kappa shape index (κ3) is 2.44. The van der Waals surface area contributed by atoms with Crippen molar-refractivity contribution in [1.82, 2.24) is 20.0 Å². The van der Waals surface area contributed by atoms with Crippen LogP contribution in [0.5, 0.6) is 0 Å². The number of rotatable bonds is 4. The Morgan fingerprint density at radius 2 is 2.20 bits per heavy atom. The second-order valence-electron chi connectivity index (χ2n) is 5.06. The molecule has 1 aromatic carbocycles. The van der Waals surface area contributed by atoms with E-state index < -0.39 is 0 Å². The smallest absolute Gasteiger partial charge is 0.239 e. The Balaban J connectivity index is 1.74. The van der Waals surface area contributed by atoms with Crippen LogP contribution in [0.25, 0.3) is 5.69 Å². The highest BCUT2D eigenvalue weighted by atomic mass is 16.2. The maximum absolute atomic E-state index is 11.9. The predicted octanol–water partition coefficient (Wildman–Crippen LogP) is 1.19. The minimum atomic E-state index is -0.0642. The fourth-order valence-corrected chi connectivity index (χ4v) is 2.54. The molecule has 104 valence electrons. The quantitative estimate of drug-likeness (QED) is 0.908. The number of para-hydroxylation sites is 1. The number of hydrogen-bond acceptors (Lipinski definition) is 3. The van der Waals surface area contributed by atoms with Crippen molar-refractivity contribution in [2.75, 3.05) is 13.6 Å². The van der Waals surface area contributed by atoms with E-state index in [1.807, 2.05) is 42.2 Å². The predicted molar refractivity (Wildman–Crippen MR) is 76.4 cm³/mol. The maximum atomic E-state index is 11.9. The van der Waals surface area contributed by atoms with Crippen LogP contribution in [0.1, 0.15) is 12.0 Å². The molecule has 2 aromatic rings. The van der Waals surface area contributed by atoms with Gasteiger partial charge in [0.1, 0.15) is 0 Å². The number of amides is 1. The second-order valence-corrected chi connectivity index (χ2v) is 5.06. The average Bonchev–Trinajstić information content (AvgIpc) is 3.10. The van der Waals surface area contributed by atoms with Crippen LogP contribution < -0.4 is 5.32 Å². The van der Waals surface area contributed by atoms with Gasteiger partial charge in [-0.1, -0.05) is 18.2 Å². The van der Waals surface area contributed by atoms with Crippen LogP contribution >= 0.6 is 0 Å². The third-order valence-electron chi connectivity index (χ3n) is 3.71. The summed E-state index contributed by atoms with van der Waals surface area (Å²) >= 11 is 0. The van der Waals surface area contributed by atoms with Gasteiger partial charge in [0.05, 0.1) is 11.7 Å². The van der Waals surface area contributed by atoms with Crippen molar-refractivity contribution >= 4 is 5.91 Å². The number of benzene rings is 1. The number of likely N-dealkylation sites (tertiary alicyclic amines) is 1. The van der Waals surface area contributed by atoms with E-state index in [1.54, 1.807) is 11.1 Å². The molecule has 20 heavy (non-hydrogen) atoms. The first-order chi connectivity index (χ1) is 9.75. The molecule has 2 heterocycles. The van der Waals surface area contributed by atoms with E-state index in [0.29, 0.717) is 6.54 Å². The van der Waals surface area contributed by atoms with Crippen molar-refractivity contribution in [3.8, 4) is 5.69 Å². The average molecular weight is 270 g/mol. The lowest BCUT2D eigenvalue weighted by Gasteiger charge is -2.14. The standard InChI is InChI=1S/C15H18N4O/c1-18-10-7-13(15(18)20)16-11-12-5-2-3-6-14(12)19-9-4-8-17-19/h2-6,8-9,13,16H,7,10-11H2,1H3. The fourth-order valence-electron chi connectivity index (χ4n) is 2.54. The fraction of sp³-hybridized carbons (Fsp3) is 0.333. The van der Waals surface area contributed by atoms with Crippen molar-refractivity contribution in [2.24, 2.45) is 0 Å². The molecular weight excluding hydrogens is 252 g/mol. The lowest BCUT2D eigenvalue weighted by Crippen LogP contribution is -2.36. The van der Waals surface area contributed by atoms with E-state index in [1.165, 1.54) is 0 Å². The highest BCUT2D eigenvalue weighted by Gasteiger charge is 2.28. The molecule has 1 saturated heterocycles. The van der Waals surface area contributed by atoms with Gasteiger partial charge >= 0.3 is 0 Å². The van der Waals surface area contributed by atoms with Gasteiger partial charge in [-0.2, -0.15) is 5.10 Å². The van der Waals surface area contributed by atoms with E-state index in [0.717, 1.165) is 24.2 Å². The van der Waals surface area contributed by atoms with Crippen molar-refractivity contribution in [3.63, 3.8) is 0 Å². The number of nitrogens with one attached hydrogen (secondary N) is 1. The van der Waals surface area contributed by atoms with Gasteiger partial charge in [0.25, 0.3) is 0 Å². The van der Waals surface area contributed by atoms with Crippen LogP contribution in [0.3, 0.4) is 0 Å². The third-order valence-corrected chi connectivity index (χ3v) is 3.71. The van der Waals surface area contributed by atoms with Crippen LogP contribution in [0.4, 0.5) is 0 Å². The first-order valence-corrected chi connectivity index (χ1v) is 6.82. The van der Waals surface area contributed by atoms with Crippen molar-refractivity contribution < 1.29 is 4.79 Å². The molecule has 5 nitrogen and oxygen atoms in total. The number of aromatic nitrogens is 2. The lowest BCUT2D eigenvalue weighted by molar-refractivity contribution is -0.128. The molecule has 0 spiro atoms. The minimum Gasteiger partial charge on any atom is -0.344 e. The Bertz CT molecular complexity index is 594. The van der Waals surface area contributed by atoms with Gasteiger partial charge in [0.15, 0.2) is 0 Å². The van der Waals surface area contributed by atoms with Crippen LogP contribution in [0, 0.1) is 0 Å². The molecule has 0 saturated carbocycles. The monoisotopic (exact) mass is 270 g/mol. The van der Waals surface area contributed by atoms with Gasteiger partial charge in [-0.3, -0.25) is 4.79 Å². The highest BCUT2D eigenvalue weighted by molar-refractivity contribution is 5.83. The summed E-state index contributed by atoms with van der Waals surface area (Å²) in [7, 11) is 1.85. The number of likely N-dealkylation sites (N-methyl/N-ethyl adjacent to an activating group) is 1. The van der Waals surface area contributed by atoms with Gasteiger partial charge in [0, 0.05) is 32.5 Å². The zero-order valence-corrected chi connectivity index (χ0v) is 11.5. The van der Waals surface area contributed by atoms with Gasteiger partial charge < -0.3 is 10.2 Å². The number of hydrogen-bond donors (Lipinski definition) is 1. The molecule has 1 aliphatic heterocycles. The molecule has 1 unspecified atom stereocenters. The number of carbonyl (C=O) groups excluding carboxylic acids is 1. The van der Waals surface area contributed by atoms with E-state index >= 15 is 0 Å². The molecule has 1 fully saturated rings. The first kappa shape index (κ1) is 12.9. The first-order valence-electron chi connectivity index (χ1n) is 6.82. The SMILES string of the molecule is CN1CCC(NCc2ccccc2-n2cccn2)C1=O. The summed E-state index contributed by atoms with van der Waals surface area (Å²) in [5, 5.41) is 7.62. The van der Waals surface area contributed by atoms with Gasteiger partial charge in [-0.05, 0) is 24.1 Å². The molecule has 0 aliphatic carbocycles. The summed E-state index contributed by atoms with van der Waals surface area (Å²) in [5.74, 6) is 0.182. The molecule has 5 heteroatoms. The molecule has 1 aliphatic rings. The van der Waals surface area contributed by atoms with Gasteiger partial charge in [-0.25, -0.2) is 4.68 Å². The van der Waals surface area contributed by atoms with E-state index in [9.17, 15) is 4.79 Å². The normalized spacial score (nSPS) is 18.8. The van der Waals surface area contributed by atoms with Crippen molar-refractivity contribution in [3.05, 3.63) is 48.3 Å². The molecule has 1 atom stereocenters. The molecule has 0 radical (unpaired) electrons. The Hall–Kier alpha value is -2.14. The number of carbonyl (C=O) groups is 1. The van der Waals surface area contributed by atoms with Gasteiger partial charge in [-0.15, -0.1) is 0 Å². The Morgan fingerprint density at radius 3 is 2.90 bits per heavy atom. The summed E-state index contributed by atoms with van der Waals surface area (Å²) < 4.78 is 1.85. The van der Waals surface area contributed by atoms with Crippen LogP contribution in [0.15, 0.2) is 42.7 Å². The topological polar surface area (TPSA) is 50.2 Å². The second kappa shape index (κ2) is 5.46. The Morgan fingerprint density at radius 1 is 1.35 bits per heavy atom. The van der Waals surface area contributed by atoms with Crippen molar-refractivity contribution in [2.45, 2.75) is 19.0 Å². The summed E-state index contributed by atoms with van der Waals surface area (Å²) in [5.41, 5.74) is 2.18. The molecule has 3 rings (SSSR count). The Labute approximate surface area is 118 Å². The summed E-state index contributed by atoms with van der Waals surface area (Å²) in [4.78, 5) is 13.7. The minimum absolute atomic E-state index is 0.0642. The summed E-state index contributed by atoms with van der Waals surface area (Å²) in [6.07, 6.45) is 4.56. The van der Waals surface area contributed by atoms with Gasteiger partial charge in [0.2, 0.25) is 5.91 Å². The van der Waals surface area contributed by atoms with Crippen LogP contribution in [-0.4, -0.2) is 40.2 Å². The van der Waals surface area contributed by atoms with Crippen LogP contribution in [0.2, 0.25) is 0 Å². The molecular formula is C15H18N4O. The maximum Gasteiger partial charge on any atom is 0.239 e. The summed E-state index contributed by atoms with van der Waals surface area (Å²) in [6, 6.07) is 9.94. The van der Waals surface area contributed by atoms with Crippen molar-refractivity contribution in [1.29, 1.82) is 0 Å². The lowest BCUT2D eigenvalue weighted by atomic mass is 10.1. The molecule has 1 aromatic heterocycles. The van der Waals surface area contributed by atoms with E-state index in [-0.39, 0.29) is 11.9 Å². The zero-order chi connectivity index (χ0) is 13.9. The highest BCUT2D eigenvalue weighted by Crippen LogP contribution is 2.15. The van der Waals surface area contributed by atoms with E-state index in [4.69, 9.17) is 0 Å². The number of nitrogens with zero attached hydrogens (tertiary/aromatic N) is 3. The largest absolute Gasteiger partial charge is 0.344 e. The molecule has 0 bridgehead atoms. The zero-order valence-electron chi connectivity index (χ0n) is 11.5. The summed E-state index contributed by atoms with van der Waals surface area (Å²) in [6.45, 7) is 1.50. The van der Waals surface area contributed by atoms with E-state index in [2.05, 4.69) is 16.5 Å². The molecule has 1 N–H and O–H groups in total. The molecule has 1 amide bonds. The van der Waals surface area contributed by atoms with Crippen LogP contribution in [-0.2, 0) is 11.3 Å².